The maximum atomic E-state index is 5.77. The van der Waals surface area contributed by atoms with E-state index in [1.54, 1.807) is 18.9 Å². The van der Waals surface area contributed by atoms with Crippen LogP contribution in [-0.2, 0) is 12.8 Å². The molecule has 0 unspecified atom stereocenters. The van der Waals surface area contributed by atoms with Gasteiger partial charge in [-0.2, -0.15) is 0 Å². The molecule has 1 aromatic carbocycles. The second-order valence-corrected chi connectivity index (χ2v) is 5.73. The van der Waals surface area contributed by atoms with Gasteiger partial charge in [0.05, 0.1) is 12.8 Å². The number of aryl methyl sites for hydroxylation is 2. The predicted octanol–water partition coefficient (Wildman–Crippen LogP) is 3.31. The van der Waals surface area contributed by atoms with Gasteiger partial charge in [0.25, 0.3) is 0 Å². The van der Waals surface area contributed by atoms with E-state index in [-0.39, 0.29) is 0 Å². The number of methoxy groups -OCH3 is 1. The van der Waals surface area contributed by atoms with Gasteiger partial charge in [0.2, 0.25) is 5.88 Å². The first-order valence-corrected chi connectivity index (χ1v) is 7.18. The molecule has 0 fully saturated rings. The van der Waals surface area contributed by atoms with Gasteiger partial charge in [0.1, 0.15) is 5.03 Å². The molecule has 0 atom stereocenters. The van der Waals surface area contributed by atoms with Crippen molar-refractivity contribution in [2.45, 2.75) is 29.2 Å². The highest BCUT2D eigenvalue weighted by atomic mass is 32.2. The largest absolute Gasteiger partial charge is 0.480 e. The number of aromatic nitrogens is 1. The molecule has 0 bridgehead atoms. The number of nitrogens with two attached hydrogens (primary N) is 1. The van der Waals surface area contributed by atoms with E-state index in [1.165, 1.54) is 35.3 Å². The number of fused-ring (bicyclic) bond motifs is 1. The van der Waals surface area contributed by atoms with Crippen LogP contribution in [0.15, 0.2) is 40.3 Å². The molecule has 1 aliphatic carbocycles. The van der Waals surface area contributed by atoms with Crippen LogP contribution >= 0.6 is 11.8 Å². The van der Waals surface area contributed by atoms with Gasteiger partial charge in [-0.15, -0.1) is 0 Å². The van der Waals surface area contributed by atoms with Crippen LogP contribution in [-0.4, -0.2) is 12.1 Å². The summed E-state index contributed by atoms with van der Waals surface area (Å²) in [6.45, 7) is 0. The van der Waals surface area contributed by atoms with Gasteiger partial charge in [-0.05, 0) is 54.7 Å². The zero-order valence-electron chi connectivity index (χ0n) is 10.8. The molecule has 0 amide bonds. The monoisotopic (exact) mass is 272 g/mol. The molecule has 1 heterocycles. The molecule has 0 saturated carbocycles. The number of ether oxygens (including phenoxy) is 1. The van der Waals surface area contributed by atoms with Crippen molar-refractivity contribution in [1.29, 1.82) is 0 Å². The number of nitrogens with zero attached hydrogens (tertiary/aromatic N) is 1. The van der Waals surface area contributed by atoms with Crippen LogP contribution in [0.4, 0.5) is 5.69 Å². The van der Waals surface area contributed by atoms with Crippen molar-refractivity contribution >= 4 is 17.4 Å². The lowest BCUT2D eigenvalue weighted by atomic mass is 10.1. The summed E-state index contributed by atoms with van der Waals surface area (Å²) in [5.41, 5.74) is 9.31. The average Bonchev–Trinajstić information content (AvgIpc) is 2.88. The Kier molecular flexibility index (Phi) is 3.34. The Morgan fingerprint density at radius 3 is 2.84 bits per heavy atom. The van der Waals surface area contributed by atoms with Crippen molar-refractivity contribution in [3.05, 3.63) is 41.5 Å². The van der Waals surface area contributed by atoms with E-state index in [0.717, 1.165) is 5.03 Å². The second-order valence-electron chi connectivity index (χ2n) is 4.63. The molecule has 3 rings (SSSR count). The Balaban J connectivity index is 1.85. The topological polar surface area (TPSA) is 48.1 Å². The molecule has 3 nitrogen and oxygen atoms in total. The fourth-order valence-electron chi connectivity index (χ4n) is 2.39. The van der Waals surface area contributed by atoms with E-state index in [9.17, 15) is 0 Å². The highest BCUT2D eigenvalue weighted by Gasteiger charge is 2.12. The van der Waals surface area contributed by atoms with Gasteiger partial charge in [-0.25, -0.2) is 4.98 Å². The summed E-state index contributed by atoms with van der Waals surface area (Å²) in [7, 11) is 1.59. The van der Waals surface area contributed by atoms with Crippen LogP contribution in [0.25, 0.3) is 0 Å². The number of pyridine rings is 1. The molecule has 1 aromatic heterocycles. The van der Waals surface area contributed by atoms with Crippen LogP contribution < -0.4 is 10.5 Å². The van der Waals surface area contributed by atoms with Crippen molar-refractivity contribution in [3.63, 3.8) is 0 Å². The van der Waals surface area contributed by atoms with Gasteiger partial charge in [-0.3, -0.25) is 0 Å². The lowest BCUT2D eigenvalue weighted by Crippen LogP contribution is -1.95. The first kappa shape index (κ1) is 12.4. The first-order chi connectivity index (χ1) is 9.26. The van der Waals surface area contributed by atoms with Gasteiger partial charge in [0, 0.05) is 4.90 Å². The molecular formula is C15H16N2OS. The highest BCUT2D eigenvalue weighted by Crippen LogP contribution is 2.32. The van der Waals surface area contributed by atoms with Crippen molar-refractivity contribution in [3.8, 4) is 5.88 Å². The minimum atomic E-state index is 0.492. The Hall–Kier alpha value is -1.68. The predicted molar refractivity (Wildman–Crippen MR) is 77.8 cm³/mol. The van der Waals surface area contributed by atoms with Gasteiger partial charge in [-0.1, -0.05) is 17.8 Å². The lowest BCUT2D eigenvalue weighted by molar-refractivity contribution is 0.397. The highest BCUT2D eigenvalue weighted by molar-refractivity contribution is 7.99. The molecule has 0 spiro atoms. The van der Waals surface area contributed by atoms with E-state index in [4.69, 9.17) is 10.5 Å². The van der Waals surface area contributed by atoms with Gasteiger partial charge in [0.15, 0.2) is 0 Å². The van der Waals surface area contributed by atoms with Crippen LogP contribution in [0.2, 0.25) is 0 Å². The summed E-state index contributed by atoms with van der Waals surface area (Å²) in [4.78, 5) is 5.62. The Labute approximate surface area is 117 Å². The number of nitrogen functional groups attached to an aromatic ring is 1. The smallest absolute Gasteiger partial charge is 0.237 e. The standard InChI is InChI=1S/C15H16N2OS/c1-18-15-13(16)7-8-14(17-15)19-12-6-5-10-3-2-4-11(10)9-12/h5-9H,2-4,16H2,1H3. The van der Waals surface area contributed by atoms with E-state index in [0.29, 0.717) is 11.6 Å². The molecule has 0 saturated heterocycles. The first-order valence-electron chi connectivity index (χ1n) is 6.36. The fraction of sp³-hybridized carbons (Fsp3) is 0.267. The number of anilines is 1. The van der Waals surface area contributed by atoms with Gasteiger partial charge >= 0.3 is 0 Å². The number of rotatable bonds is 3. The van der Waals surface area contributed by atoms with Crippen LogP contribution in [0.1, 0.15) is 17.5 Å². The van der Waals surface area contributed by atoms with Crippen molar-refractivity contribution in [2.24, 2.45) is 0 Å². The van der Waals surface area contributed by atoms with Crippen LogP contribution in [0.3, 0.4) is 0 Å². The third kappa shape index (κ3) is 2.54. The van der Waals surface area contributed by atoms with Crippen molar-refractivity contribution in [1.82, 2.24) is 4.98 Å². The fourth-order valence-corrected chi connectivity index (χ4v) is 3.23. The van der Waals surface area contributed by atoms with E-state index in [2.05, 4.69) is 23.2 Å². The zero-order chi connectivity index (χ0) is 13.2. The van der Waals surface area contributed by atoms with Crippen molar-refractivity contribution < 1.29 is 4.74 Å². The molecule has 1 aliphatic rings. The molecule has 19 heavy (non-hydrogen) atoms. The third-order valence-corrected chi connectivity index (χ3v) is 4.28. The SMILES string of the molecule is COc1nc(Sc2ccc3c(c2)CCC3)ccc1N. The van der Waals surface area contributed by atoms with Crippen LogP contribution in [0, 0.1) is 0 Å². The van der Waals surface area contributed by atoms with Crippen LogP contribution in [0.5, 0.6) is 5.88 Å². The Morgan fingerprint density at radius 1 is 1.16 bits per heavy atom. The molecule has 4 heteroatoms. The minimum absolute atomic E-state index is 0.492. The van der Waals surface area contributed by atoms with E-state index in [1.807, 2.05) is 12.1 Å². The van der Waals surface area contributed by atoms with Crippen molar-refractivity contribution in [2.75, 3.05) is 12.8 Å². The maximum Gasteiger partial charge on any atom is 0.237 e. The molecule has 0 radical (unpaired) electrons. The van der Waals surface area contributed by atoms with E-state index >= 15 is 0 Å². The normalized spacial score (nSPS) is 13.3. The summed E-state index contributed by atoms with van der Waals surface area (Å²) in [5.74, 6) is 0.492. The molecule has 98 valence electrons. The molecule has 2 aromatic rings. The average molecular weight is 272 g/mol. The quantitative estimate of drug-likeness (QED) is 0.931. The Morgan fingerprint density at radius 2 is 2.00 bits per heavy atom. The number of hydrogen-bond acceptors (Lipinski definition) is 4. The maximum absolute atomic E-state index is 5.77. The summed E-state index contributed by atoms with van der Waals surface area (Å²) < 4.78 is 5.15. The molecule has 0 aliphatic heterocycles. The summed E-state index contributed by atoms with van der Waals surface area (Å²) in [6.07, 6.45) is 3.69. The third-order valence-electron chi connectivity index (χ3n) is 3.35. The second kappa shape index (κ2) is 5.13. The number of benzene rings is 1. The molecular weight excluding hydrogens is 256 g/mol. The number of hydrogen-bond donors (Lipinski definition) is 1. The summed E-state index contributed by atoms with van der Waals surface area (Å²) in [5, 5.41) is 0.906. The lowest BCUT2D eigenvalue weighted by Gasteiger charge is -2.07. The summed E-state index contributed by atoms with van der Waals surface area (Å²) in [6, 6.07) is 10.4. The molecule has 2 N–H and O–H groups in total. The summed E-state index contributed by atoms with van der Waals surface area (Å²) >= 11 is 1.65. The minimum Gasteiger partial charge on any atom is -0.480 e. The van der Waals surface area contributed by atoms with E-state index < -0.39 is 0 Å². The zero-order valence-corrected chi connectivity index (χ0v) is 11.7. The van der Waals surface area contributed by atoms with Gasteiger partial charge < -0.3 is 10.5 Å². The Bertz CT molecular complexity index is 604.